The predicted molar refractivity (Wildman–Crippen MR) is 114 cm³/mol. The van der Waals surface area contributed by atoms with Gasteiger partial charge in [-0.15, -0.1) is 0 Å². The van der Waals surface area contributed by atoms with Crippen molar-refractivity contribution in [2.24, 2.45) is 0 Å². The summed E-state index contributed by atoms with van der Waals surface area (Å²) in [6, 6.07) is 10.4. The fourth-order valence-corrected chi connectivity index (χ4v) is 4.18. The molecule has 0 saturated carbocycles. The van der Waals surface area contributed by atoms with Crippen molar-refractivity contribution in [3.05, 3.63) is 53.6 Å². The van der Waals surface area contributed by atoms with Crippen LogP contribution in [0.15, 0.2) is 47.4 Å². The molecule has 1 unspecified atom stereocenters. The minimum atomic E-state index is -3.71. The summed E-state index contributed by atoms with van der Waals surface area (Å²) in [5.41, 5.74) is 2.02. The normalized spacial score (nSPS) is 16.4. The standard InChI is InChI=1S/C21H25N3O5S/c1-21(2,3)14-5-7-15(8-6-14)30(28,29)22-11-10-17-19(25)24-16-9-4-13(20(26)27)12-18(16)23-17/h4-9,12,17,22-23H,10-11H2,1-3H3,(H,24,25)(H,26,27). The summed E-state index contributed by atoms with van der Waals surface area (Å²) in [7, 11) is -3.71. The van der Waals surface area contributed by atoms with Gasteiger partial charge in [-0.1, -0.05) is 32.9 Å². The highest BCUT2D eigenvalue weighted by Crippen LogP contribution is 2.28. The van der Waals surface area contributed by atoms with Gasteiger partial charge in [0, 0.05) is 6.54 Å². The summed E-state index contributed by atoms with van der Waals surface area (Å²) in [6.45, 7) is 6.19. The molecule has 0 saturated heterocycles. The molecular formula is C21H25N3O5S. The van der Waals surface area contributed by atoms with E-state index in [1.165, 1.54) is 18.2 Å². The number of hydrogen-bond donors (Lipinski definition) is 4. The Hall–Kier alpha value is -2.91. The predicted octanol–water partition coefficient (Wildman–Crippen LogP) is 2.78. The summed E-state index contributed by atoms with van der Waals surface area (Å²) in [5, 5.41) is 14.8. The average molecular weight is 432 g/mol. The molecule has 1 aliphatic heterocycles. The number of rotatable bonds is 6. The molecule has 1 heterocycles. The highest BCUT2D eigenvalue weighted by Gasteiger charge is 2.26. The maximum absolute atomic E-state index is 12.5. The molecule has 0 radical (unpaired) electrons. The number of anilines is 2. The number of fused-ring (bicyclic) bond motifs is 1. The second-order valence-electron chi connectivity index (χ2n) is 8.21. The molecule has 30 heavy (non-hydrogen) atoms. The molecule has 160 valence electrons. The highest BCUT2D eigenvalue weighted by molar-refractivity contribution is 7.89. The van der Waals surface area contributed by atoms with Crippen LogP contribution in [0.5, 0.6) is 0 Å². The first-order valence-electron chi connectivity index (χ1n) is 9.52. The second-order valence-corrected chi connectivity index (χ2v) is 9.98. The maximum Gasteiger partial charge on any atom is 0.335 e. The fourth-order valence-electron chi connectivity index (χ4n) is 3.14. The van der Waals surface area contributed by atoms with Gasteiger partial charge in [0.05, 0.1) is 21.8 Å². The third-order valence-corrected chi connectivity index (χ3v) is 6.40. The van der Waals surface area contributed by atoms with Gasteiger partial charge in [0.1, 0.15) is 6.04 Å². The van der Waals surface area contributed by atoms with Gasteiger partial charge in [-0.25, -0.2) is 17.9 Å². The van der Waals surface area contributed by atoms with Gasteiger partial charge >= 0.3 is 5.97 Å². The smallest absolute Gasteiger partial charge is 0.335 e. The van der Waals surface area contributed by atoms with E-state index in [1.807, 2.05) is 0 Å². The number of amides is 1. The number of benzene rings is 2. The van der Waals surface area contributed by atoms with E-state index in [9.17, 15) is 18.0 Å². The van der Waals surface area contributed by atoms with Crippen molar-refractivity contribution < 1.29 is 23.1 Å². The van der Waals surface area contributed by atoms with Crippen LogP contribution in [0.2, 0.25) is 0 Å². The van der Waals surface area contributed by atoms with Crippen molar-refractivity contribution in [2.45, 2.75) is 43.5 Å². The molecule has 3 rings (SSSR count). The van der Waals surface area contributed by atoms with Crippen molar-refractivity contribution in [1.82, 2.24) is 4.72 Å². The van der Waals surface area contributed by atoms with E-state index < -0.39 is 22.0 Å². The maximum atomic E-state index is 12.5. The van der Waals surface area contributed by atoms with Crippen molar-refractivity contribution in [1.29, 1.82) is 0 Å². The number of sulfonamides is 1. The van der Waals surface area contributed by atoms with Crippen molar-refractivity contribution >= 4 is 33.3 Å². The molecule has 1 amide bonds. The lowest BCUT2D eigenvalue weighted by molar-refractivity contribution is -0.117. The minimum Gasteiger partial charge on any atom is -0.478 e. The molecule has 0 fully saturated rings. The number of nitrogens with one attached hydrogen (secondary N) is 3. The molecule has 8 nitrogen and oxygen atoms in total. The van der Waals surface area contributed by atoms with E-state index in [4.69, 9.17) is 5.11 Å². The van der Waals surface area contributed by atoms with Crippen LogP contribution in [0.1, 0.15) is 43.1 Å². The molecule has 9 heteroatoms. The number of carboxylic acid groups (broad SMARTS) is 1. The highest BCUT2D eigenvalue weighted by atomic mass is 32.2. The molecule has 2 aromatic rings. The van der Waals surface area contributed by atoms with Crippen LogP contribution < -0.4 is 15.4 Å². The van der Waals surface area contributed by atoms with Crippen molar-refractivity contribution in [3.63, 3.8) is 0 Å². The van der Waals surface area contributed by atoms with Crippen molar-refractivity contribution in [3.8, 4) is 0 Å². The molecule has 4 N–H and O–H groups in total. The van der Waals surface area contributed by atoms with Crippen LogP contribution in [0.3, 0.4) is 0 Å². The zero-order valence-corrected chi connectivity index (χ0v) is 17.8. The van der Waals surface area contributed by atoms with E-state index in [-0.39, 0.29) is 34.7 Å². The fraction of sp³-hybridized carbons (Fsp3) is 0.333. The summed E-state index contributed by atoms with van der Waals surface area (Å²) >= 11 is 0. The molecule has 1 aliphatic rings. The Morgan fingerprint density at radius 3 is 2.37 bits per heavy atom. The Balaban J connectivity index is 1.63. The van der Waals surface area contributed by atoms with E-state index in [0.717, 1.165) is 5.56 Å². The zero-order valence-electron chi connectivity index (χ0n) is 17.0. The average Bonchev–Trinajstić information content (AvgIpc) is 2.67. The molecule has 0 aliphatic carbocycles. The van der Waals surface area contributed by atoms with Gasteiger partial charge in [0.25, 0.3) is 0 Å². The molecule has 0 bridgehead atoms. The molecule has 2 aromatic carbocycles. The number of carbonyl (C=O) groups is 2. The number of aromatic carboxylic acids is 1. The first-order chi connectivity index (χ1) is 14.0. The van der Waals surface area contributed by atoms with Crippen LogP contribution in [-0.4, -0.2) is 38.0 Å². The number of carboxylic acids is 1. The SMILES string of the molecule is CC(C)(C)c1ccc(S(=O)(=O)NCCC2Nc3cc(C(=O)O)ccc3NC2=O)cc1. The van der Waals surface area contributed by atoms with E-state index in [1.54, 1.807) is 24.3 Å². The lowest BCUT2D eigenvalue weighted by atomic mass is 9.87. The Bertz CT molecular complexity index is 1070. The third-order valence-electron chi connectivity index (χ3n) is 4.93. The third kappa shape index (κ3) is 4.80. The molecular weight excluding hydrogens is 406 g/mol. The van der Waals surface area contributed by atoms with Gasteiger partial charge in [0.15, 0.2) is 0 Å². The number of hydrogen-bond acceptors (Lipinski definition) is 5. The quantitative estimate of drug-likeness (QED) is 0.557. The van der Waals surface area contributed by atoms with Gasteiger partial charge < -0.3 is 15.7 Å². The molecule has 0 spiro atoms. The zero-order chi connectivity index (χ0) is 22.1. The first-order valence-corrected chi connectivity index (χ1v) is 11.0. The van der Waals surface area contributed by atoms with Crippen molar-refractivity contribution in [2.75, 3.05) is 17.2 Å². The lowest BCUT2D eigenvalue weighted by Crippen LogP contribution is -2.41. The van der Waals surface area contributed by atoms with Crippen LogP contribution in [0.25, 0.3) is 0 Å². The summed E-state index contributed by atoms with van der Waals surface area (Å²) in [5.74, 6) is -1.38. The molecule has 0 aromatic heterocycles. The largest absolute Gasteiger partial charge is 0.478 e. The van der Waals surface area contributed by atoms with Crippen LogP contribution >= 0.6 is 0 Å². The summed E-state index contributed by atoms with van der Waals surface area (Å²) < 4.78 is 27.6. The van der Waals surface area contributed by atoms with Gasteiger partial charge in [-0.2, -0.15) is 0 Å². The van der Waals surface area contributed by atoms with E-state index in [2.05, 4.69) is 36.1 Å². The monoisotopic (exact) mass is 431 g/mol. The second kappa shape index (κ2) is 8.08. The number of carbonyl (C=O) groups excluding carboxylic acids is 1. The van der Waals surface area contributed by atoms with Gasteiger partial charge in [-0.05, 0) is 47.7 Å². The van der Waals surface area contributed by atoms with E-state index in [0.29, 0.717) is 11.4 Å². The Morgan fingerprint density at radius 1 is 1.10 bits per heavy atom. The van der Waals surface area contributed by atoms with Gasteiger partial charge in [-0.3, -0.25) is 4.79 Å². The van der Waals surface area contributed by atoms with Crippen LogP contribution in [0.4, 0.5) is 11.4 Å². The van der Waals surface area contributed by atoms with Crippen LogP contribution in [-0.2, 0) is 20.2 Å². The van der Waals surface area contributed by atoms with E-state index >= 15 is 0 Å². The Labute approximate surface area is 175 Å². The summed E-state index contributed by atoms with van der Waals surface area (Å²) in [6.07, 6.45) is 0.196. The lowest BCUT2D eigenvalue weighted by Gasteiger charge is -2.27. The summed E-state index contributed by atoms with van der Waals surface area (Å²) in [4.78, 5) is 23.6. The van der Waals surface area contributed by atoms with Crippen LogP contribution in [0, 0.1) is 0 Å². The minimum absolute atomic E-state index is 0.0440. The Morgan fingerprint density at radius 2 is 1.77 bits per heavy atom. The topological polar surface area (TPSA) is 125 Å². The Kier molecular flexibility index (Phi) is 5.87. The molecule has 1 atom stereocenters. The first kappa shape index (κ1) is 21.8. The van der Waals surface area contributed by atoms with Gasteiger partial charge in [0.2, 0.25) is 15.9 Å².